The van der Waals surface area contributed by atoms with Crippen LogP contribution in [0, 0.1) is 6.92 Å². The molecule has 30 heavy (non-hydrogen) atoms. The Morgan fingerprint density at radius 3 is 2.67 bits per heavy atom. The van der Waals surface area contributed by atoms with Crippen LogP contribution in [0.25, 0.3) is 11.2 Å². The van der Waals surface area contributed by atoms with Gasteiger partial charge in [0.2, 0.25) is 5.95 Å². The van der Waals surface area contributed by atoms with Gasteiger partial charge in [0, 0.05) is 7.05 Å². The third-order valence-electron chi connectivity index (χ3n) is 4.48. The number of aromatic amines is 1. The lowest BCUT2D eigenvalue weighted by Gasteiger charge is -2.15. The molecule has 0 amide bonds. The van der Waals surface area contributed by atoms with Crippen LogP contribution in [0.2, 0.25) is 0 Å². The van der Waals surface area contributed by atoms with Crippen molar-refractivity contribution in [1.82, 2.24) is 19.1 Å². The third-order valence-corrected chi connectivity index (χ3v) is 4.48. The van der Waals surface area contributed by atoms with Gasteiger partial charge in [-0.2, -0.15) is 10.1 Å². The number of rotatable bonds is 8. The van der Waals surface area contributed by atoms with Gasteiger partial charge in [-0.3, -0.25) is 14.3 Å². The summed E-state index contributed by atoms with van der Waals surface area (Å²) in [6.45, 7) is 5.86. The molecule has 1 aromatic carbocycles. The minimum Gasteiger partial charge on any atom is -0.389 e. The quantitative estimate of drug-likeness (QED) is 0.372. The van der Waals surface area contributed by atoms with Crippen molar-refractivity contribution < 1.29 is 9.84 Å². The molecule has 0 aliphatic rings. The second kappa shape index (κ2) is 9.06. The van der Waals surface area contributed by atoms with Gasteiger partial charge >= 0.3 is 5.69 Å². The van der Waals surface area contributed by atoms with Gasteiger partial charge in [-0.15, -0.1) is 0 Å². The molecule has 10 nitrogen and oxygen atoms in total. The van der Waals surface area contributed by atoms with Crippen LogP contribution in [0.5, 0.6) is 0 Å². The summed E-state index contributed by atoms with van der Waals surface area (Å²) in [7, 11) is 1.51. The number of hydrazone groups is 1. The van der Waals surface area contributed by atoms with Gasteiger partial charge in [0.15, 0.2) is 11.2 Å². The molecule has 160 valence electrons. The monoisotopic (exact) mass is 414 g/mol. The molecule has 0 saturated carbocycles. The third kappa shape index (κ3) is 4.84. The summed E-state index contributed by atoms with van der Waals surface area (Å²) in [6.07, 6.45) is 0.688. The van der Waals surface area contributed by atoms with Crippen LogP contribution in [0.1, 0.15) is 25.0 Å². The van der Waals surface area contributed by atoms with E-state index in [4.69, 9.17) is 4.74 Å². The minimum atomic E-state index is -0.886. The summed E-state index contributed by atoms with van der Waals surface area (Å²) in [5.41, 5.74) is 4.02. The molecule has 3 rings (SSSR count). The van der Waals surface area contributed by atoms with Crippen LogP contribution < -0.4 is 16.7 Å². The van der Waals surface area contributed by atoms with E-state index in [0.29, 0.717) is 0 Å². The van der Waals surface area contributed by atoms with E-state index in [1.165, 1.54) is 16.2 Å². The molecule has 0 aliphatic heterocycles. The summed E-state index contributed by atoms with van der Waals surface area (Å²) in [5.74, 6) is 0.226. The van der Waals surface area contributed by atoms with E-state index in [1.54, 1.807) is 6.21 Å². The number of nitrogens with one attached hydrogen (secondary N) is 2. The maximum atomic E-state index is 12.5. The van der Waals surface area contributed by atoms with Crippen molar-refractivity contribution >= 4 is 23.3 Å². The Kier molecular flexibility index (Phi) is 6.48. The first kappa shape index (κ1) is 21.5. The highest BCUT2D eigenvalue weighted by Gasteiger charge is 2.19. The van der Waals surface area contributed by atoms with Gasteiger partial charge in [-0.05, 0) is 26.3 Å². The number of H-pyrrole nitrogens is 1. The van der Waals surface area contributed by atoms with Gasteiger partial charge in [0.25, 0.3) is 5.56 Å². The molecule has 0 aliphatic carbocycles. The molecule has 0 radical (unpaired) electrons. The van der Waals surface area contributed by atoms with Gasteiger partial charge in [-0.25, -0.2) is 10.2 Å². The van der Waals surface area contributed by atoms with Crippen LogP contribution in [0.4, 0.5) is 5.95 Å². The Morgan fingerprint density at radius 1 is 1.30 bits per heavy atom. The number of hydrogen-bond donors (Lipinski definition) is 3. The highest BCUT2D eigenvalue weighted by Crippen LogP contribution is 2.16. The Bertz CT molecular complexity index is 1160. The summed E-state index contributed by atoms with van der Waals surface area (Å²) < 4.78 is 8.18. The number of aromatic nitrogens is 4. The highest BCUT2D eigenvalue weighted by molar-refractivity contribution is 5.80. The van der Waals surface area contributed by atoms with Gasteiger partial charge in [0.05, 0.1) is 31.6 Å². The predicted octanol–water partition coefficient (Wildman–Crippen LogP) is 0.964. The fraction of sp³-hybridized carbons (Fsp3) is 0.400. The number of hydrogen-bond acceptors (Lipinski definition) is 7. The van der Waals surface area contributed by atoms with Gasteiger partial charge in [-0.1, -0.05) is 29.8 Å². The number of benzene rings is 1. The van der Waals surface area contributed by atoms with Crippen LogP contribution in [0.3, 0.4) is 0 Å². The van der Waals surface area contributed by atoms with Crippen molar-refractivity contribution in [2.75, 3.05) is 12.0 Å². The van der Waals surface area contributed by atoms with Crippen molar-refractivity contribution in [3.8, 4) is 0 Å². The molecule has 1 atom stereocenters. The normalized spacial score (nSPS) is 12.9. The fourth-order valence-electron chi connectivity index (χ4n) is 2.88. The highest BCUT2D eigenvalue weighted by atomic mass is 16.5. The van der Waals surface area contributed by atoms with Crippen LogP contribution in [-0.4, -0.2) is 49.2 Å². The first-order chi connectivity index (χ1) is 14.3. The van der Waals surface area contributed by atoms with E-state index >= 15 is 0 Å². The lowest BCUT2D eigenvalue weighted by Crippen LogP contribution is -2.30. The Balaban J connectivity index is 1.96. The smallest absolute Gasteiger partial charge is 0.329 e. The number of fused-ring (bicyclic) bond motifs is 1. The number of ether oxygens (including phenoxy) is 1. The average molecular weight is 414 g/mol. The molecule has 2 aromatic heterocycles. The summed E-state index contributed by atoms with van der Waals surface area (Å²) in [5, 5.41) is 14.6. The van der Waals surface area contributed by atoms with Crippen molar-refractivity contribution in [2.45, 2.75) is 39.5 Å². The Hall–Kier alpha value is -3.24. The van der Waals surface area contributed by atoms with Crippen molar-refractivity contribution in [3.63, 3.8) is 0 Å². The lowest BCUT2D eigenvalue weighted by atomic mass is 10.2. The second-order valence-electron chi connectivity index (χ2n) is 7.35. The lowest BCUT2D eigenvalue weighted by molar-refractivity contribution is -0.000105. The predicted molar refractivity (Wildman–Crippen MR) is 115 cm³/mol. The molecule has 0 bridgehead atoms. The number of aryl methyl sites for hydroxylation is 2. The van der Waals surface area contributed by atoms with E-state index in [0.717, 1.165) is 11.1 Å². The van der Waals surface area contributed by atoms with E-state index in [2.05, 4.69) is 20.5 Å². The number of anilines is 1. The first-order valence-corrected chi connectivity index (χ1v) is 9.61. The second-order valence-corrected chi connectivity index (χ2v) is 7.35. The van der Waals surface area contributed by atoms with Crippen LogP contribution in [-0.2, 0) is 18.3 Å². The molecular weight excluding hydrogens is 388 g/mol. The molecule has 10 heteroatoms. The van der Waals surface area contributed by atoms with Gasteiger partial charge < -0.3 is 14.4 Å². The maximum absolute atomic E-state index is 12.5. The largest absolute Gasteiger partial charge is 0.389 e. The zero-order chi connectivity index (χ0) is 21.8. The number of aliphatic hydroxyl groups excluding tert-OH is 1. The maximum Gasteiger partial charge on any atom is 0.329 e. The topological polar surface area (TPSA) is 127 Å². The standard InChI is InChI=1S/C20H26N6O4/c1-12(2)30-11-15(27)10-26-16-17(25(4)20(29)23-18(16)28)22-19(26)24-21-9-14-7-5-13(3)6-8-14/h5-9,12,15,27H,10-11H2,1-4H3,(H,22,24)(H,23,28,29)/b21-9+. The molecule has 1 unspecified atom stereocenters. The summed E-state index contributed by atoms with van der Waals surface area (Å²) in [4.78, 5) is 31.0. The van der Waals surface area contributed by atoms with Crippen molar-refractivity contribution in [2.24, 2.45) is 12.1 Å². The SMILES string of the molecule is Cc1ccc(/C=N/Nc2nc3c(c(=O)[nH]c(=O)n3C)n2CC(O)COC(C)C)cc1. The number of nitrogens with zero attached hydrogens (tertiary/aromatic N) is 4. The van der Waals surface area contributed by atoms with Crippen LogP contribution >= 0.6 is 0 Å². The van der Waals surface area contributed by atoms with E-state index in [1.807, 2.05) is 45.0 Å². The Morgan fingerprint density at radius 2 is 2.00 bits per heavy atom. The molecule has 2 heterocycles. The van der Waals surface area contributed by atoms with E-state index in [-0.39, 0.29) is 36.4 Å². The molecular formula is C20H26N6O4. The van der Waals surface area contributed by atoms with Crippen molar-refractivity contribution in [3.05, 3.63) is 56.2 Å². The van der Waals surface area contributed by atoms with Gasteiger partial charge in [0.1, 0.15) is 0 Å². The summed E-state index contributed by atoms with van der Waals surface area (Å²) in [6, 6.07) is 7.78. The average Bonchev–Trinajstić information content (AvgIpc) is 3.05. The number of aliphatic hydroxyl groups is 1. The van der Waals surface area contributed by atoms with E-state index < -0.39 is 17.4 Å². The molecule has 3 N–H and O–H groups in total. The summed E-state index contributed by atoms with van der Waals surface area (Å²) >= 11 is 0. The molecule has 0 spiro atoms. The molecule has 3 aromatic rings. The molecule has 0 fully saturated rings. The minimum absolute atomic E-state index is 0.0346. The zero-order valence-corrected chi connectivity index (χ0v) is 17.4. The molecule has 0 saturated heterocycles. The zero-order valence-electron chi connectivity index (χ0n) is 17.4. The number of imidazole rings is 1. The fourth-order valence-corrected chi connectivity index (χ4v) is 2.88. The Labute approximate surface area is 172 Å². The van der Waals surface area contributed by atoms with E-state index in [9.17, 15) is 14.7 Å². The van der Waals surface area contributed by atoms with Crippen LogP contribution in [0.15, 0.2) is 39.0 Å². The van der Waals surface area contributed by atoms with Crippen molar-refractivity contribution in [1.29, 1.82) is 0 Å². The first-order valence-electron chi connectivity index (χ1n) is 9.61.